The van der Waals surface area contributed by atoms with Crippen LogP contribution in [-0.4, -0.2) is 32.9 Å². The molecule has 1 atom stereocenters. The first-order valence-corrected chi connectivity index (χ1v) is 9.53. The number of benzene rings is 2. The number of carbonyl (C=O) groups excluding carboxylic acids is 1. The van der Waals surface area contributed by atoms with E-state index in [9.17, 15) is 9.59 Å². The standard InChI is InChI=1S/C21H20ClN3O3/c1-12(2)25(11-19-23-16-6-4-3-5-15(16)20(26)24-19)21(27)18-10-13-9-14(22)7-8-17(13)28-18/h3-9,12,18H,10-11H2,1-2H3,(H,23,24,26). The Morgan fingerprint density at radius 2 is 2.11 bits per heavy atom. The van der Waals surface area contributed by atoms with Crippen LogP contribution in [0.1, 0.15) is 25.2 Å². The number of hydrogen-bond donors (Lipinski definition) is 1. The summed E-state index contributed by atoms with van der Waals surface area (Å²) in [6, 6.07) is 12.4. The van der Waals surface area contributed by atoms with Crippen molar-refractivity contribution in [1.82, 2.24) is 14.9 Å². The molecule has 1 aliphatic heterocycles. The normalized spacial score (nSPS) is 15.5. The molecular weight excluding hydrogens is 378 g/mol. The minimum Gasteiger partial charge on any atom is -0.480 e. The minimum atomic E-state index is -0.608. The highest BCUT2D eigenvalue weighted by molar-refractivity contribution is 6.30. The Morgan fingerprint density at radius 1 is 1.32 bits per heavy atom. The van der Waals surface area contributed by atoms with Gasteiger partial charge in [-0.3, -0.25) is 9.59 Å². The average Bonchev–Trinajstić information content (AvgIpc) is 3.08. The predicted molar refractivity (Wildman–Crippen MR) is 108 cm³/mol. The largest absolute Gasteiger partial charge is 0.480 e. The van der Waals surface area contributed by atoms with Crippen molar-refractivity contribution in [3.05, 3.63) is 69.2 Å². The van der Waals surface area contributed by atoms with Gasteiger partial charge in [0.05, 0.1) is 17.4 Å². The molecule has 2 heterocycles. The first-order chi connectivity index (χ1) is 13.4. The topological polar surface area (TPSA) is 75.3 Å². The van der Waals surface area contributed by atoms with Gasteiger partial charge in [0, 0.05) is 17.5 Å². The Bertz CT molecular complexity index is 1110. The number of rotatable bonds is 4. The van der Waals surface area contributed by atoms with Crippen LogP contribution in [0, 0.1) is 0 Å². The molecule has 0 aliphatic carbocycles. The lowest BCUT2D eigenvalue weighted by atomic mass is 10.1. The summed E-state index contributed by atoms with van der Waals surface area (Å²) in [6.45, 7) is 4.06. The third kappa shape index (κ3) is 3.47. The van der Waals surface area contributed by atoms with Gasteiger partial charge < -0.3 is 14.6 Å². The van der Waals surface area contributed by atoms with Gasteiger partial charge in [0.2, 0.25) is 0 Å². The van der Waals surface area contributed by atoms with Crippen molar-refractivity contribution in [2.75, 3.05) is 0 Å². The highest BCUT2D eigenvalue weighted by Crippen LogP contribution is 2.32. The second-order valence-electron chi connectivity index (χ2n) is 7.15. The number of nitrogens with zero attached hydrogens (tertiary/aromatic N) is 2. The van der Waals surface area contributed by atoms with Crippen molar-refractivity contribution in [2.45, 2.75) is 39.0 Å². The van der Waals surface area contributed by atoms with Gasteiger partial charge in [-0.2, -0.15) is 0 Å². The highest BCUT2D eigenvalue weighted by Gasteiger charge is 2.34. The van der Waals surface area contributed by atoms with Gasteiger partial charge in [0.25, 0.3) is 11.5 Å². The van der Waals surface area contributed by atoms with E-state index in [1.165, 1.54) is 0 Å². The number of aromatic amines is 1. The Kier molecular flexibility index (Phi) is 4.81. The molecule has 1 N–H and O–H groups in total. The summed E-state index contributed by atoms with van der Waals surface area (Å²) >= 11 is 6.04. The van der Waals surface area contributed by atoms with Crippen molar-refractivity contribution in [2.24, 2.45) is 0 Å². The van der Waals surface area contributed by atoms with Crippen LogP contribution < -0.4 is 10.3 Å². The molecule has 0 bridgehead atoms. The third-order valence-corrected chi connectivity index (χ3v) is 5.10. The number of H-pyrrole nitrogens is 1. The lowest BCUT2D eigenvalue weighted by Crippen LogP contribution is -2.45. The molecule has 28 heavy (non-hydrogen) atoms. The predicted octanol–water partition coefficient (Wildman–Crippen LogP) is 3.32. The zero-order valence-electron chi connectivity index (χ0n) is 15.6. The Hall–Kier alpha value is -2.86. The Morgan fingerprint density at radius 3 is 2.89 bits per heavy atom. The van der Waals surface area contributed by atoms with Crippen molar-refractivity contribution in [3.63, 3.8) is 0 Å². The lowest BCUT2D eigenvalue weighted by molar-refractivity contribution is -0.140. The zero-order valence-corrected chi connectivity index (χ0v) is 16.4. The molecule has 0 radical (unpaired) electrons. The van der Waals surface area contributed by atoms with E-state index in [0.717, 1.165) is 5.56 Å². The van der Waals surface area contributed by atoms with E-state index >= 15 is 0 Å². The first-order valence-electron chi connectivity index (χ1n) is 9.16. The monoisotopic (exact) mass is 397 g/mol. The number of halogens is 1. The van der Waals surface area contributed by atoms with E-state index in [1.807, 2.05) is 26.0 Å². The summed E-state index contributed by atoms with van der Waals surface area (Å²) < 4.78 is 5.84. The first kappa shape index (κ1) is 18.5. The fourth-order valence-corrected chi connectivity index (χ4v) is 3.62. The van der Waals surface area contributed by atoms with Gasteiger partial charge in [-0.05, 0) is 49.7 Å². The number of hydrogen-bond acceptors (Lipinski definition) is 4. The van der Waals surface area contributed by atoms with Crippen molar-refractivity contribution in [3.8, 4) is 5.75 Å². The van der Waals surface area contributed by atoms with Crippen LogP contribution in [0.15, 0.2) is 47.3 Å². The van der Waals surface area contributed by atoms with Crippen LogP contribution >= 0.6 is 11.6 Å². The molecule has 2 aromatic carbocycles. The minimum absolute atomic E-state index is 0.0832. The molecule has 4 rings (SSSR count). The van der Waals surface area contributed by atoms with Gasteiger partial charge in [-0.15, -0.1) is 0 Å². The molecule has 1 aromatic heterocycles. The SMILES string of the molecule is CC(C)N(Cc1nc2ccccc2c(=O)[nH]1)C(=O)C1Cc2cc(Cl)ccc2O1. The molecule has 0 spiro atoms. The number of fused-ring (bicyclic) bond motifs is 2. The zero-order chi connectivity index (χ0) is 19.8. The van der Waals surface area contributed by atoms with Gasteiger partial charge in [-0.1, -0.05) is 23.7 Å². The van der Waals surface area contributed by atoms with Crippen LogP contribution in [0.4, 0.5) is 0 Å². The van der Waals surface area contributed by atoms with Crippen molar-refractivity contribution in [1.29, 1.82) is 0 Å². The number of ether oxygens (including phenoxy) is 1. The van der Waals surface area contributed by atoms with E-state index in [0.29, 0.717) is 33.9 Å². The lowest BCUT2D eigenvalue weighted by Gasteiger charge is -2.28. The van der Waals surface area contributed by atoms with Crippen molar-refractivity contribution >= 4 is 28.4 Å². The summed E-state index contributed by atoms with van der Waals surface area (Å²) in [5.41, 5.74) is 1.32. The number of aromatic nitrogens is 2. The van der Waals surface area contributed by atoms with Crippen LogP contribution in [0.3, 0.4) is 0 Å². The van der Waals surface area contributed by atoms with Crippen molar-refractivity contribution < 1.29 is 9.53 Å². The Balaban J connectivity index is 1.58. The number of carbonyl (C=O) groups is 1. The number of nitrogens with one attached hydrogen (secondary N) is 1. The molecule has 1 amide bonds. The van der Waals surface area contributed by atoms with E-state index in [4.69, 9.17) is 16.3 Å². The summed E-state index contributed by atoms with van der Waals surface area (Å²) in [5, 5.41) is 1.15. The van der Waals surface area contributed by atoms with Crippen LogP contribution in [0.2, 0.25) is 5.02 Å². The summed E-state index contributed by atoms with van der Waals surface area (Å²) in [7, 11) is 0. The number of para-hydroxylation sites is 1. The molecular formula is C21H20ClN3O3. The fraction of sp³-hybridized carbons (Fsp3) is 0.286. The second kappa shape index (κ2) is 7.28. The fourth-order valence-electron chi connectivity index (χ4n) is 3.43. The molecule has 3 aromatic rings. The molecule has 0 saturated heterocycles. The van der Waals surface area contributed by atoms with E-state index in [1.54, 1.807) is 35.2 Å². The van der Waals surface area contributed by atoms with Gasteiger partial charge >= 0.3 is 0 Å². The molecule has 144 valence electrons. The van der Waals surface area contributed by atoms with Crippen LogP contribution in [0.25, 0.3) is 10.9 Å². The summed E-state index contributed by atoms with van der Waals surface area (Å²) in [4.78, 5) is 34.4. The smallest absolute Gasteiger partial charge is 0.264 e. The van der Waals surface area contributed by atoms with Gasteiger partial charge in [0.1, 0.15) is 11.6 Å². The van der Waals surface area contributed by atoms with Gasteiger partial charge in [0.15, 0.2) is 6.10 Å². The van der Waals surface area contributed by atoms with Gasteiger partial charge in [-0.25, -0.2) is 4.98 Å². The average molecular weight is 398 g/mol. The van der Waals surface area contributed by atoms with Crippen LogP contribution in [0.5, 0.6) is 5.75 Å². The quantitative estimate of drug-likeness (QED) is 0.732. The molecule has 1 unspecified atom stereocenters. The van der Waals surface area contributed by atoms with E-state index < -0.39 is 6.10 Å². The Labute approximate surface area is 167 Å². The maximum absolute atomic E-state index is 13.1. The maximum atomic E-state index is 13.1. The van der Waals surface area contributed by atoms with E-state index in [-0.39, 0.29) is 24.1 Å². The molecule has 0 fully saturated rings. The number of amides is 1. The maximum Gasteiger partial charge on any atom is 0.264 e. The van der Waals surface area contributed by atoms with E-state index in [2.05, 4.69) is 9.97 Å². The molecule has 0 saturated carbocycles. The molecule has 7 heteroatoms. The third-order valence-electron chi connectivity index (χ3n) is 4.86. The molecule has 6 nitrogen and oxygen atoms in total. The second-order valence-corrected chi connectivity index (χ2v) is 7.59. The summed E-state index contributed by atoms with van der Waals surface area (Å²) in [5.74, 6) is 0.992. The van der Waals surface area contributed by atoms with Crippen LogP contribution in [-0.2, 0) is 17.8 Å². The summed E-state index contributed by atoms with van der Waals surface area (Å²) in [6.07, 6.45) is -0.136. The highest BCUT2D eigenvalue weighted by atomic mass is 35.5. The molecule has 1 aliphatic rings.